The van der Waals surface area contributed by atoms with Gasteiger partial charge in [-0.1, -0.05) is 13.8 Å². The van der Waals surface area contributed by atoms with E-state index in [4.69, 9.17) is 9.84 Å². The molecule has 0 aliphatic carbocycles. The molecule has 4 heteroatoms. The van der Waals surface area contributed by atoms with Crippen molar-refractivity contribution in [2.75, 3.05) is 33.4 Å². The number of hydrogen-bond donors (Lipinski definition) is 1. The molecular weight excluding hydrogens is 206 g/mol. The van der Waals surface area contributed by atoms with E-state index in [0.29, 0.717) is 31.9 Å². The third-order valence-corrected chi connectivity index (χ3v) is 2.30. The molecule has 0 fully saturated rings. The lowest BCUT2D eigenvalue weighted by Gasteiger charge is -2.24. The van der Waals surface area contributed by atoms with E-state index in [9.17, 15) is 4.79 Å². The van der Waals surface area contributed by atoms with Gasteiger partial charge in [0, 0.05) is 33.2 Å². The number of methoxy groups -OCH3 is 1. The molecule has 96 valence electrons. The minimum absolute atomic E-state index is 0.162. The summed E-state index contributed by atoms with van der Waals surface area (Å²) in [5, 5.41) is 8.66. The second-order valence-corrected chi connectivity index (χ2v) is 4.41. The van der Waals surface area contributed by atoms with Crippen LogP contribution in [0.3, 0.4) is 0 Å². The van der Waals surface area contributed by atoms with Gasteiger partial charge in [-0.15, -0.1) is 0 Å². The fourth-order valence-corrected chi connectivity index (χ4v) is 1.51. The SMILES string of the molecule is COCCN(CC(C)C)C(=O)CCCCO. The molecule has 0 aliphatic rings. The Balaban J connectivity index is 3.99. The highest BCUT2D eigenvalue weighted by Crippen LogP contribution is 2.04. The molecule has 1 N–H and O–H groups in total. The van der Waals surface area contributed by atoms with Crippen LogP contribution >= 0.6 is 0 Å². The van der Waals surface area contributed by atoms with Crippen molar-refractivity contribution in [1.82, 2.24) is 4.90 Å². The number of aliphatic hydroxyl groups excluding tert-OH is 1. The van der Waals surface area contributed by atoms with Crippen molar-refractivity contribution in [1.29, 1.82) is 0 Å². The van der Waals surface area contributed by atoms with Crippen molar-refractivity contribution >= 4 is 5.91 Å². The second-order valence-electron chi connectivity index (χ2n) is 4.41. The number of rotatable bonds is 9. The van der Waals surface area contributed by atoms with Gasteiger partial charge in [0.1, 0.15) is 0 Å². The van der Waals surface area contributed by atoms with Crippen LogP contribution in [0.2, 0.25) is 0 Å². The second kappa shape index (κ2) is 9.60. The smallest absolute Gasteiger partial charge is 0.222 e. The Hall–Kier alpha value is -0.610. The molecule has 4 nitrogen and oxygen atoms in total. The van der Waals surface area contributed by atoms with E-state index >= 15 is 0 Å². The number of ether oxygens (including phenoxy) is 1. The van der Waals surface area contributed by atoms with Gasteiger partial charge in [0.2, 0.25) is 5.91 Å². The summed E-state index contributed by atoms with van der Waals surface area (Å²) in [5.41, 5.74) is 0. The molecule has 0 saturated heterocycles. The maximum Gasteiger partial charge on any atom is 0.222 e. The largest absolute Gasteiger partial charge is 0.396 e. The van der Waals surface area contributed by atoms with E-state index in [1.807, 2.05) is 4.90 Å². The summed E-state index contributed by atoms with van der Waals surface area (Å²) in [5.74, 6) is 0.637. The van der Waals surface area contributed by atoms with Gasteiger partial charge in [0.15, 0.2) is 0 Å². The molecular formula is C12H25NO3. The van der Waals surface area contributed by atoms with Crippen molar-refractivity contribution in [3.05, 3.63) is 0 Å². The monoisotopic (exact) mass is 231 g/mol. The first-order valence-corrected chi connectivity index (χ1v) is 5.99. The van der Waals surface area contributed by atoms with Crippen LogP contribution in [0.25, 0.3) is 0 Å². The van der Waals surface area contributed by atoms with Crippen LogP contribution < -0.4 is 0 Å². The summed E-state index contributed by atoms with van der Waals surface area (Å²) in [6.45, 7) is 6.38. The molecule has 0 saturated carbocycles. The van der Waals surface area contributed by atoms with Crippen LogP contribution in [-0.4, -0.2) is 49.3 Å². The van der Waals surface area contributed by atoms with Gasteiger partial charge in [-0.2, -0.15) is 0 Å². The third kappa shape index (κ3) is 7.65. The Morgan fingerprint density at radius 1 is 1.38 bits per heavy atom. The minimum Gasteiger partial charge on any atom is -0.396 e. The summed E-state index contributed by atoms with van der Waals surface area (Å²) >= 11 is 0. The number of nitrogens with zero attached hydrogens (tertiary/aromatic N) is 1. The molecule has 1 amide bonds. The predicted octanol–water partition coefficient (Wildman–Crippen LogP) is 1.28. The van der Waals surface area contributed by atoms with Gasteiger partial charge in [-0.3, -0.25) is 4.79 Å². The highest BCUT2D eigenvalue weighted by Gasteiger charge is 2.13. The Kier molecular flexibility index (Phi) is 9.24. The van der Waals surface area contributed by atoms with Crippen molar-refractivity contribution in [2.24, 2.45) is 5.92 Å². The number of carbonyl (C=O) groups is 1. The number of unbranched alkanes of at least 4 members (excludes halogenated alkanes) is 1. The van der Waals surface area contributed by atoms with E-state index in [0.717, 1.165) is 13.0 Å². The van der Waals surface area contributed by atoms with Crippen molar-refractivity contribution < 1.29 is 14.6 Å². The highest BCUT2D eigenvalue weighted by atomic mass is 16.5. The Morgan fingerprint density at radius 3 is 2.56 bits per heavy atom. The average molecular weight is 231 g/mol. The number of hydrogen-bond acceptors (Lipinski definition) is 3. The highest BCUT2D eigenvalue weighted by molar-refractivity contribution is 5.76. The van der Waals surface area contributed by atoms with Crippen LogP contribution in [-0.2, 0) is 9.53 Å². The van der Waals surface area contributed by atoms with E-state index in [1.54, 1.807) is 7.11 Å². The summed E-state index contributed by atoms with van der Waals surface area (Å²) in [7, 11) is 1.64. The zero-order valence-electron chi connectivity index (χ0n) is 10.7. The lowest BCUT2D eigenvalue weighted by molar-refractivity contribution is -0.132. The van der Waals surface area contributed by atoms with Crippen LogP contribution in [0, 0.1) is 5.92 Å². The molecule has 0 aromatic carbocycles. The van der Waals surface area contributed by atoms with Gasteiger partial charge in [0.05, 0.1) is 6.61 Å². The Morgan fingerprint density at radius 2 is 2.06 bits per heavy atom. The standard InChI is InChI=1S/C12H25NO3/c1-11(2)10-13(7-9-16-3)12(15)6-4-5-8-14/h11,14H,4-10H2,1-3H3. The van der Waals surface area contributed by atoms with Gasteiger partial charge in [-0.05, 0) is 18.8 Å². The predicted molar refractivity (Wildman–Crippen MR) is 64.2 cm³/mol. The van der Waals surface area contributed by atoms with Gasteiger partial charge >= 0.3 is 0 Å². The van der Waals surface area contributed by atoms with Crippen LogP contribution in [0.15, 0.2) is 0 Å². The lowest BCUT2D eigenvalue weighted by Crippen LogP contribution is -2.36. The van der Waals surface area contributed by atoms with Crippen LogP contribution in [0.1, 0.15) is 33.1 Å². The zero-order chi connectivity index (χ0) is 12.4. The van der Waals surface area contributed by atoms with Crippen LogP contribution in [0.5, 0.6) is 0 Å². The van der Waals surface area contributed by atoms with Crippen LogP contribution in [0.4, 0.5) is 0 Å². The molecule has 0 aromatic rings. The molecule has 0 rings (SSSR count). The summed E-state index contributed by atoms with van der Waals surface area (Å²) in [6.07, 6.45) is 1.99. The van der Waals surface area contributed by atoms with Crippen molar-refractivity contribution in [2.45, 2.75) is 33.1 Å². The van der Waals surface area contributed by atoms with E-state index in [2.05, 4.69) is 13.8 Å². The number of carbonyl (C=O) groups excluding carboxylic acids is 1. The normalized spacial score (nSPS) is 10.8. The topological polar surface area (TPSA) is 49.8 Å². The molecule has 0 heterocycles. The first-order valence-electron chi connectivity index (χ1n) is 5.99. The molecule has 0 aliphatic heterocycles. The van der Waals surface area contributed by atoms with Crippen molar-refractivity contribution in [3.63, 3.8) is 0 Å². The summed E-state index contributed by atoms with van der Waals surface area (Å²) < 4.78 is 5.00. The lowest BCUT2D eigenvalue weighted by atomic mass is 10.1. The molecule has 0 atom stereocenters. The first-order chi connectivity index (χ1) is 7.61. The van der Waals surface area contributed by atoms with Crippen molar-refractivity contribution in [3.8, 4) is 0 Å². The molecule has 0 radical (unpaired) electrons. The number of amides is 1. The fraction of sp³-hybridized carbons (Fsp3) is 0.917. The molecule has 0 spiro atoms. The average Bonchev–Trinajstić information content (AvgIpc) is 2.23. The minimum atomic E-state index is 0.162. The maximum atomic E-state index is 11.8. The molecule has 0 unspecified atom stereocenters. The summed E-state index contributed by atoms with van der Waals surface area (Å²) in [6, 6.07) is 0. The zero-order valence-corrected chi connectivity index (χ0v) is 10.7. The van der Waals surface area contributed by atoms with E-state index in [1.165, 1.54) is 0 Å². The van der Waals surface area contributed by atoms with E-state index < -0.39 is 0 Å². The fourth-order valence-electron chi connectivity index (χ4n) is 1.51. The molecule has 0 bridgehead atoms. The van der Waals surface area contributed by atoms with Gasteiger partial charge < -0.3 is 14.7 Å². The molecule has 0 aromatic heterocycles. The Bertz CT molecular complexity index is 183. The third-order valence-electron chi connectivity index (χ3n) is 2.30. The van der Waals surface area contributed by atoms with Gasteiger partial charge in [-0.25, -0.2) is 0 Å². The Labute approximate surface area is 98.6 Å². The first kappa shape index (κ1) is 15.4. The maximum absolute atomic E-state index is 11.8. The number of aliphatic hydroxyl groups is 1. The summed E-state index contributed by atoms with van der Waals surface area (Å²) in [4.78, 5) is 13.7. The van der Waals surface area contributed by atoms with E-state index in [-0.39, 0.29) is 12.5 Å². The van der Waals surface area contributed by atoms with Gasteiger partial charge in [0.25, 0.3) is 0 Å². The molecule has 16 heavy (non-hydrogen) atoms. The quantitative estimate of drug-likeness (QED) is 0.608.